The van der Waals surface area contributed by atoms with Gasteiger partial charge in [0.25, 0.3) is 0 Å². The molecule has 20 heavy (non-hydrogen) atoms. The maximum Gasteiger partial charge on any atom is 0.0559 e. The summed E-state index contributed by atoms with van der Waals surface area (Å²) in [5, 5.41) is 9.76. The summed E-state index contributed by atoms with van der Waals surface area (Å²) in [5.41, 5.74) is 0.00959. The molecule has 4 heteroatoms. The first kappa shape index (κ1) is 14.4. The normalized spacial score (nSPS) is 30.4. The molecule has 3 nitrogen and oxygen atoms in total. The Morgan fingerprint density at radius 1 is 1.35 bits per heavy atom. The van der Waals surface area contributed by atoms with Crippen LogP contribution in [0.5, 0.6) is 0 Å². The van der Waals surface area contributed by atoms with E-state index in [-0.39, 0.29) is 12.0 Å². The van der Waals surface area contributed by atoms with Crippen molar-refractivity contribution in [3.05, 3.63) is 30.3 Å². The number of rotatable bonds is 5. The molecule has 2 heterocycles. The Balaban J connectivity index is 1.50. The molecule has 1 aromatic carbocycles. The molecular formula is C16H23NO2S. The maximum atomic E-state index is 9.76. The van der Waals surface area contributed by atoms with Gasteiger partial charge in [-0.1, -0.05) is 18.2 Å². The number of fused-ring (bicyclic) bond motifs is 1. The van der Waals surface area contributed by atoms with Gasteiger partial charge < -0.3 is 14.7 Å². The summed E-state index contributed by atoms with van der Waals surface area (Å²) in [6.07, 6.45) is 1.10. The first-order valence-corrected chi connectivity index (χ1v) is 8.40. The molecule has 3 rings (SSSR count). The third-order valence-corrected chi connectivity index (χ3v) is 5.61. The number of nitrogens with zero attached hydrogens (tertiary/aromatic N) is 1. The number of aliphatic hydroxyl groups excluding tert-OH is 1. The van der Waals surface area contributed by atoms with Crippen LogP contribution in [0.4, 0.5) is 0 Å². The van der Waals surface area contributed by atoms with E-state index in [1.165, 1.54) is 4.90 Å². The van der Waals surface area contributed by atoms with E-state index in [4.69, 9.17) is 4.74 Å². The monoisotopic (exact) mass is 293 g/mol. The van der Waals surface area contributed by atoms with E-state index in [2.05, 4.69) is 35.2 Å². The molecule has 0 amide bonds. The van der Waals surface area contributed by atoms with Gasteiger partial charge in [0, 0.05) is 42.3 Å². The van der Waals surface area contributed by atoms with Crippen molar-refractivity contribution in [2.75, 3.05) is 45.2 Å². The van der Waals surface area contributed by atoms with Crippen LogP contribution in [0.25, 0.3) is 0 Å². The van der Waals surface area contributed by atoms with Crippen molar-refractivity contribution in [3.8, 4) is 0 Å². The van der Waals surface area contributed by atoms with Gasteiger partial charge in [-0.15, -0.1) is 11.8 Å². The molecule has 1 N–H and O–H groups in total. The van der Waals surface area contributed by atoms with E-state index >= 15 is 0 Å². The fraction of sp³-hybridized carbons (Fsp3) is 0.625. The lowest BCUT2D eigenvalue weighted by Crippen LogP contribution is -2.43. The molecule has 2 saturated heterocycles. The fourth-order valence-electron chi connectivity index (χ4n) is 3.41. The summed E-state index contributed by atoms with van der Waals surface area (Å²) in [4.78, 5) is 3.84. The van der Waals surface area contributed by atoms with E-state index in [1.807, 2.05) is 11.8 Å². The van der Waals surface area contributed by atoms with Crippen LogP contribution >= 0.6 is 11.8 Å². The lowest BCUT2D eigenvalue weighted by molar-refractivity contribution is -0.0559. The van der Waals surface area contributed by atoms with Gasteiger partial charge in [-0.05, 0) is 24.5 Å². The predicted octanol–water partition coefficient (Wildman–Crippen LogP) is 2.11. The zero-order valence-corrected chi connectivity index (χ0v) is 12.6. The van der Waals surface area contributed by atoms with Gasteiger partial charge in [-0.25, -0.2) is 0 Å². The smallest absolute Gasteiger partial charge is 0.0559 e. The van der Waals surface area contributed by atoms with Gasteiger partial charge in [0.2, 0.25) is 0 Å². The van der Waals surface area contributed by atoms with Crippen LogP contribution in [-0.4, -0.2) is 55.2 Å². The van der Waals surface area contributed by atoms with E-state index < -0.39 is 0 Å². The Morgan fingerprint density at radius 3 is 2.95 bits per heavy atom. The molecule has 0 radical (unpaired) electrons. The molecule has 0 saturated carbocycles. The van der Waals surface area contributed by atoms with Crippen LogP contribution < -0.4 is 0 Å². The minimum absolute atomic E-state index is 0.00959. The molecule has 2 atom stereocenters. The van der Waals surface area contributed by atoms with E-state index in [1.54, 1.807) is 0 Å². The van der Waals surface area contributed by atoms with Gasteiger partial charge in [-0.3, -0.25) is 0 Å². The number of aliphatic hydroxyl groups is 1. The van der Waals surface area contributed by atoms with Crippen LogP contribution in [0.2, 0.25) is 0 Å². The van der Waals surface area contributed by atoms with Crippen LogP contribution in [0, 0.1) is 11.3 Å². The Hall–Kier alpha value is -0.550. The summed E-state index contributed by atoms with van der Waals surface area (Å²) in [6.45, 7) is 5.07. The Morgan fingerprint density at radius 2 is 2.20 bits per heavy atom. The highest BCUT2D eigenvalue weighted by atomic mass is 32.2. The molecule has 0 spiro atoms. The largest absolute Gasteiger partial charge is 0.396 e. The van der Waals surface area contributed by atoms with Crippen molar-refractivity contribution in [2.45, 2.75) is 11.3 Å². The summed E-state index contributed by atoms with van der Waals surface area (Å²) in [7, 11) is 0. The van der Waals surface area contributed by atoms with Gasteiger partial charge >= 0.3 is 0 Å². The molecule has 110 valence electrons. The molecule has 0 aliphatic carbocycles. The molecule has 2 aliphatic rings. The number of hydrogen-bond donors (Lipinski definition) is 1. The zero-order valence-electron chi connectivity index (χ0n) is 11.8. The molecule has 0 aromatic heterocycles. The number of hydrogen-bond acceptors (Lipinski definition) is 4. The fourth-order valence-corrected chi connectivity index (χ4v) is 4.35. The molecule has 2 aliphatic heterocycles. The Bertz CT molecular complexity index is 428. The SMILES string of the molecule is OC[C@]12COCC[C@H]1CN(CCSc1ccccc1)C2. The quantitative estimate of drug-likeness (QED) is 0.843. The molecule has 0 unspecified atom stereocenters. The van der Waals surface area contributed by atoms with Crippen LogP contribution in [0.3, 0.4) is 0 Å². The van der Waals surface area contributed by atoms with Crippen molar-refractivity contribution in [2.24, 2.45) is 11.3 Å². The van der Waals surface area contributed by atoms with Gasteiger partial charge in [-0.2, -0.15) is 0 Å². The highest BCUT2D eigenvalue weighted by molar-refractivity contribution is 7.99. The number of thioether (sulfide) groups is 1. The zero-order chi connectivity index (χ0) is 13.8. The van der Waals surface area contributed by atoms with E-state index in [9.17, 15) is 5.11 Å². The minimum atomic E-state index is 0.00959. The standard InChI is InChI=1S/C16H23NO2S/c18-12-16-11-17(10-14(16)6-8-19-13-16)7-9-20-15-4-2-1-3-5-15/h1-5,14,18H,6-13H2/t14-,16+/m0/s1. The highest BCUT2D eigenvalue weighted by Crippen LogP contribution is 2.40. The van der Waals surface area contributed by atoms with Crippen LogP contribution in [0.1, 0.15) is 6.42 Å². The molecular weight excluding hydrogens is 270 g/mol. The Labute approximate surface area is 125 Å². The number of benzene rings is 1. The second-order valence-corrected chi connectivity index (χ2v) is 7.12. The van der Waals surface area contributed by atoms with Crippen molar-refractivity contribution in [1.82, 2.24) is 4.90 Å². The van der Waals surface area contributed by atoms with Crippen molar-refractivity contribution in [1.29, 1.82) is 0 Å². The first-order valence-electron chi connectivity index (χ1n) is 7.41. The Kier molecular flexibility index (Phi) is 4.66. The summed E-state index contributed by atoms with van der Waals surface area (Å²) in [5.74, 6) is 1.72. The highest BCUT2D eigenvalue weighted by Gasteiger charge is 2.47. The summed E-state index contributed by atoms with van der Waals surface area (Å²) >= 11 is 1.91. The van der Waals surface area contributed by atoms with Crippen molar-refractivity contribution < 1.29 is 9.84 Å². The van der Waals surface area contributed by atoms with Gasteiger partial charge in [0.1, 0.15) is 0 Å². The van der Waals surface area contributed by atoms with E-state index in [0.717, 1.165) is 45.0 Å². The van der Waals surface area contributed by atoms with Crippen molar-refractivity contribution in [3.63, 3.8) is 0 Å². The number of ether oxygens (including phenoxy) is 1. The second-order valence-electron chi connectivity index (χ2n) is 5.96. The van der Waals surface area contributed by atoms with Crippen molar-refractivity contribution >= 4 is 11.8 Å². The third kappa shape index (κ3) is 3.03. The molecule has 2 fully saturated rings. The van der Waals surface area contributed by atoms with E-state index in [0.29, 0.717) is 5.92 Å². The molecule has 0 bridgehead atoms. The molecule has 1 aromatic rings. The predicted molar refractivity (Wildman–Crippen MR) is 82.1 cm³/mol. The maximum absolute atomic E-state index is 9.76. The average molecular weight is 293 g/mol. The first-order chi connectivity index (χ1) is 9.82. The van der Waals surface area contributed by atoms with Gasteiger partial charge in [0.15, 0.2) is 0 Å². The minimum Gasteiger partial charge on any atom is -0.396 e. The topological polar surface area (TPSA) is 32.7 Å². The van der Waals surface area contributed by atoms with Gasteiger partial charge in [0.05, 0.1) is 13.2 Å². The second kappa shape index (κ2) is 6.48. The number of likely N-dealkylation sites (tertiary alicyclic amines) is 1. The van der Waals surface area contributed by atoms with Crippen LogP contribution in [-0.2, 0) is 4.74 Å². The van der Waals surface area contributed by atoms with Crippen LogP contribution in [0.15, 0.2) is 35.2 Å². The summed E-state index contributed by atoms with van der Waals surface area (Å²) < 4.78 is 5.61. The average Bonchev–Trinajstić information content (AvgIpc) is 2.87. The third-order valence-electron chi connectivity index (χ3n) is 4.62. The lowest BCUT2D eigenvalue weighted by atomic mass is 9.76. The summed E-state index contributed by atoms with van der Waals surface area (Å²) in [6, 6.07) is 10.6. The lowest BCUT2D eigenvalue weighted by Gasteiger charge is -2.36.